The summed E-state index contributed by atoms with van der Waals surface area (Å²) in [5.74, 6) is 0.589. The van der Waals surface area contributed by atoms with E-state index in [-0.39, 0.29) is 17.9 Å². The average Bonchev–Trinajstić information content (AvgIpc) is 3.30. The van der Waals surface area contributed by atoms with Gasteiger partial charge in [0.05, 0.1) is 17.6 Å². The Hall–Kier alpha value is -2.53. The Bertz CT molecular complexity index is 1010. The highest BCUT2D eigenvalue weighted by atomic mass is 35.5. The van der Waals surface area contributed by atoms with Gasteiger partial charge < -0.3 is 15.0 Å². The molecule has 2 fully saturated rings. The lowest BCUT2D eigenvalue weighted by atomic mass is 9.78. The number of nitrogens with one attached hydrogen (secondary N) is 1. The van der Waals surface area contributed by atoms with Crippen molar-refractivity contribution in [1.29, 1.82) is 0 Å². The van der Waals surface area contributed by atoms with Crippen molar-refractivity contribution in [3.8, 4) is 5.75 Å². The van der Waals surface area contributed by atoms with E-state index in [0.29, 0.717) is 28.6 Å². The largest absolute Gasteiger partial charge is 0.493 e. The molecule has 0 bridgehead atoms. The Kier molecular flexibility index (Phi) is 5.85. The Morgan fingerprint density at radius 2 is 1.81 bits per heavy atom. The number of rotatable bonds is 3. The van der Waals surface area contributed by atoms with Crippen molar-refractivity contribution in [3.63, 3.8) is 0 Å². The molecule has 168 valence electrons. The summed E-state index contributed by atoms with van der Waals surface area (Å²) in [7, 11) is 0. The van der Waals surface area contributed by atoms with Gasteiger partial charge in [0, 0.05) is 29.7 Å². The topological polar surface area (TPSA) is 58.6 Å². The maximum absolute atomic E-state index is 13.6. The fraction of sp³-hybridized carbons (Fsp3) is 0.462. The van der Waals surface area contributed by atoms with Gasteiger partial charge in [-0.25, -0.2) is 0 Å². The summed E-state index contributed by atoms with van der Waals surface area (Å²) in [6, 6.07) is 13.3. The summed E-state index contributed by atoms with van der Waals surface area (Å²) in [5.41, 5.74) is 1.62. The van der Waals surface area contributed by atoms with Gasteiger partial charge in [-0.15, -0.1) is 0 Å². The maximum atomic E-state index is 13.6. The van der Waals surface area contributed by atoms with Gasteiger partial charge in [-0.1, -0.05) is 36.6 Å². The lowest BCUT2D eigenvalue weighted by Gasteiger charge is -2.37. The molecule has 5 nitrogen and oxygen atoms in total. The molecule has 2 heterocycles. The third-order valence-electron chi connectivity index (χ3n) is 7.35. The number of nitrogens with zero attached hydrogens (tertiary/aromatic N) is 1. The quantitative estimate of drug-likeness (QED) is 0.662. The van der Waals surface area contributed by atoms with Crippen molar-refractivity contribution < 1.29 is 14.3 Å². The highest BCUT2D eigenvalue weighted by molar-refractivity contribution is 6.30. The van der Waals surface area contributed by atoms with Crippen LogP contribution in [0.2, 0.25) is 5.02 Å². The van der Waals surface area contributed by atoms with Crippen LogP contribution in [0.4, 0.5) is 5.69 Å². The van der Waals surface area contributed by atoms with Crippen LogP contribution in [-0.4, -0.2) is 35.9 Å². The van der Waals surface area contributed by atoms with Crippen molar-refractivity contribution in [2.75, 3.05) is 18.5 Å². The summed E-state index contributed by atoms with van der Waals surface area (Å²) >= 11 is 6.08. The number of amides is 2. The van der Waals surface area contributed by atoms with Crippen LogP contribution in [0.5, 0.6) is 5.75 Å². The van der Waals surface area contributed by atoms with Gasteiger partial charge in [0.15, 0.2) is 0 Å². The molecule has 32 heavy (non-hydrogen) atoms. The van der Waals surface area contributed by atoms with Gasteiger partial charge in [-0.3, -0.25) is 9.59 Å². The van der Waals surface area contributed by atoms with Gasteiger partial charge >= 0.3 is 0 Å². The number of hydrogen-bond donors (Lipinski definition) is 1. The molecule has 2 aliphatic heterocycles. The Morgan fingerprint density at radius 3 is 2.59 bits per heavy atom. The van der Waals surface area contributed by atoms with Gasteiger partial charge in [0.25, 0.3) is 5.91 Å². The van der Waals surface area contributed by atoms with E-state index >= 15 is 0 Å². The first-order valence-corrected chi connectivity index (χ1v) is 12.1. The van der Waals surface area contributed by atoms with Crippen LogP contribution < -0.4 is 10.1 Å². The number of piperidine rings is 1. The number of hydrogen-bond acceptors (Lipinski definition) is 3. The van der Waals surface area contributed by atoms with E-state index in [1.807, 2.05) is 41.3 Å². The molecule has 2 amide bonds. The maximum Gasteiger partial charge on any atom is 0.257 e. The summed E-state index contributed by atoms with van der Waals surface area (Å²) in [6.45, 7) is 1.39. The van der Waals surface area contributed by atoms with Crippen LogP contribution in [0, 0.1) is 0 Å². The molecule has 1 N–H and O–H groups in total. The summed E-state index contributed by atoms with van der Waals surface area (Å²) in [6.07, 6.45) is 7.75. The molecular formula is C26H29ClN2O3. The SMILES string of the molecule is O=C1c2cc(NC(=O)C3(c4ccc(Cl)cc4)CCCC3)ccc2OCCC2CCCCN12. The monoisotopic (exact) mass is 452 g/mol. The fourth-order valence-electron chi connectivity index (χ4n) is 5.57. The lowest BCUT2D eigenvalue weighted by Crippen LogP contribution is -2.45. The normalized spacial score (nSPS) is 22.2. The number of anilines is 1. The second-order valence-corrected chi connectivity index (χ2v) is 9.68. The molecule has 1 saturated heterocycles. The minimum atomic E-state index is -0.562. The first kappa shape index (κ1) is 21.3. The van der Waals surface area contributed by atoms with E-state index in [1.54, 1.807) is 6.07 Å². The van der Waals surface area contributed by atoms with Gasteiger partial charge in [0.2, 0.25) is 5.91 Å². The van der Waals surface area contributed by atoms with E-state index in [1.165, 1.54) is 0 Å². The lowest BCUT2D eigenvalue weighted by molar-refractivity contribution is -0.121. The van der Waals surface area contributed by atoms with Gasteiger partial charge in [0.1, 0.15) is 5.75 Å². The van der Waals surface area contributed by atoms with Gasteiger partial charge in [-0.2, -0.15) is 0 Å². The molecule has 5 rings (SSSR count). The molecule has 2 aromatic rings. The summed E-state index contributed by atoms with van der Waals surface area (Å²) < 4.78 is 5.94. The van der Waals surface area contributed by atoms with E-state index in [4.69, 9.17) is 16.3 Å². The van der Waals surface area contributed by atoms with E-state index in [9.17, 15) is 9.59 Å². The molecule has 0 spiro atoms. The zero-order valence-corrected chi connectivity index (χ0v) is 19.0. The third-order valence-corrected chi connectivity index (χ3v) is 7.61. The zero-order chi connectivity index (χ0) is 22.1. The molecular weight excluding hydrogens is 424 g/mol. The van der Waals surface area contributed by atoms with E-state index < -0.39 is 5.41 Å². The number of benzene rings is 2. The molecule has 2 aromatic carbocycles. The number of carbonyl (C=O) groups excluding carboxylic acids is 2. The van der Waals surface area contributed by atoms with E-state index in [2.05, 4.69) is 5.32 Å². The molecule has 0 aromatic heterocycles. The van der Waals surface area contributed by atoms with Crippen molar-refractivity contribution in [1.82, 2.24) is 4.90 Å². The molecule has 0 radical (unpaired) electrons. The van der Waals surface area contributed by atoms with Crippen molar-refractivity contribution in [2.24, 2.45) is 0 Å². The minimum absolute atomic E-state index is 0.00813. The number of carbonyl (C=O) groups is 2. The van der Waals surface area contributed by atoms with E-state index in [0.717, 1.165) is 63.5 Å². The standard InChI is InChI=1S/C26H29ClN2O3/c27-19-8-6-18(7-9-19)26(13-2-3-14-26)25(31)28-20-10-11-23-22(17-20)24(30)29-15-4-1-5-21(29)12-16-32-23/h6-11,17,21H,1-5,12-16H2,(H,28,31). The van der Waals surface area contributed by atoms with Crippen LogP contribution in [0.15, 0.2) is 42.5 Å². The first-order valence-electron chi connectivity index (χ1n) is 11.7. The molecule has 3 aliphatic rings. The smallest absolute Gasteiger partial charge is 0.257 e. The predicted molar refractivity (Wildman–Crippen MR) is 125 cm³/mol. The zero-order valence-electron chi connectivity index (χ0n) is 18.2. The number of ether oxygens (including phenoxy) is 1. The molecule has 1 unspecified atom stereocenters. The third kappa shape index (κ3) is 3.88. The summed E-state index contributed by atoms with van der Waals surface area (Å²) in [4.78, 5) is 28.9. The highest BCUT2D eigenvalue weighted by Crippen LogP contribution is 2.42. The molecule has 1 saturated carbocycles. The Labute approximate surface area is 194 Å². The average molecular weight is 453 g/mol. The molecule has 6 heteroatoms. The van der Waals surface area contributed by atoms with Crippen LogP contribution in [0.25, 0.3) is 0 Å². The molecule has 1 atom stereocenters. The first-order chi connectivity index (χ1) is 15.6. The van der Waals surface area contributed by atoms with Crippen molar-refractivity contribution >= 4 is 29.1 Å². The fourth-order valence-corrected chi connectivity index (χ4v) is 5.70. The number of fused-ring (bicyclic) bond motifs is 2. The predicted octanol–water partition coefficient (Wildman–Crippen LogP) is 5.57. The van der Waals surface area contributed by atoms with Crippen LogP contribution in [0.3, 0.4) is 0 Å². The second-order valence-electron chi connectivity index (χ2n) is 9.25. The second kappa shape index (κ2) is 8.78. The number of halogens is 1. The minimum Gasteiger partial charge on any atom is -0.493 e. The Balaban J connectivity index is 1.43. The Morgan fingerprint density at radius 1 is 1.03 bits per heavy atom. The van der Waals surface area contributed by atoms with Crippen LogP contribution in [-0.2, 0) is 10.2 Å². The van der Waals surface area contributed by atoms with Crippen molar-refractivity contribution in [2.45, 2.75) is 62.8 Å². The highest BCUT2D eigenvalue weighted by Gasteiger charge is 2.43. The van der Waals surface area contributed by atoms with Crippen LogP contribution >= 0.6 is 11.6 Å². The summed E-state index contributed by atoms with van der Waals surface area (Å²) in [5, 5.41) is 3.78. The van der Waals surface area contributed by atoms with Crippen LogP contribution in [0.1, 0.15) is 67.3 Å². The van der Waals surface area contributed by atoms with Crippen molar-refractivity contribution in [3.05, 3.63) is 58.6 Å². The van der Waals surface area contributed by atoms with Gasteiger partial charge in [-0.05, 0) is 68.0 Å². The molecule has 1 aliphatic carbocycles.